The van der Waals surface area contributed by atoms with Crippen LogP contribution in [0, 0.1) is 5.82 Å². The molecule has 7 heteroatoms. The molecule has 0 unspecified atom stereocenters. The molecule has 3 aliphatic heterocycles. The molecule has 0 saturated carbocycles. The smallest absolute Gasteiger partial charge is 0.240 e. The SMILES string of the molecule is O=C([C@@H](Cc1ccc(Cl)cc1Cl)N1CCCCC1)N1CCC(c2cc(F)ccc2CCN2CCCC2)CC1. The van der Waals surface area contributed by atoms with Gasteiger partial charge in [-0.3, -0.25) is 9.69 Å². The van der Waals surface area contributed by atoms with E-state index in [1.165, 1.54) is 37.9 Å². The summed E-state index contributed by atoms with van der Waals surface area (Å²) in [7, 11) is 0. The Bertz CT molecular complexity index is 1090. The molecule has 0 aliphatic carbocycles. The number of hydrogen-bond acceptors (Lipinski definition) is 3. The van der Waals surface area contributed by atoms with Crippen LogP contribution in [0.2, 0.25) is 10.0 Å². The number of carbonyl (C=O) groups excluding carboxylic acids is 1. The fourth-order valence-electron chi connectivity index (χ4n) is 6.58. The molecule has 3 fully saturated rings. The van der Waals surface area contributed by atoms with Gasteiger partial charge in [-0.15, -0.1) is 0 Å². The molecule has 2 aromatic rings. The molecule has 2 aromatic carbocycles. The highest BCUT2D eigenvalue weighted by Crippen LogP contribution is 2.33. The van der Waals surface area contributed by atoms with Gasteiger partial charge >= 0.3 is 0 Å². The lowest BCUT2D eigenvalue weighted by Gasteiger charge is -2.39. The first-order chi connectivity index (χ1) is 18.5. The van der Waals surface area contributed by atoms with E-state index in [1.54, 1.807) is 18.2 Å². The standard InChI is InChI=1S/C31H40Cl2FN3O/c32-26-8-6-25(29(33)21-26)20-30(36-15-2-1-3-16-36)31(38)37-18-11-24(12-19-37)28-22-27(34)9-7-23(28)10-17-35-13-4-5-14-35/h6-9,21-22,24,30H,1-5,10-20H2/t30-/m1/s1. The van der Waals surface area contributed by atoms with Crippen molar-refractivity contribution in [2.75, 3.05) is 45.8 Å². The number of hydrogen-bond donors (Lipinski definition) is 0. The highest BCUT2D eigenvalue weighted by molar-refractivity contribution is 6.35. The number of amides is 1. The Hall–Kier alpha value is -1.66. The number of rotatable bonds is 8. The van der Waals surface area contributed by atoms with Crippen molar-refractivity contribution in [3.05, 3.63) is 69.0 Å². The van der Waals surface area contributed by atoms with Gasteiger partial charge in [-0.05, 0) is 124 Å². The van der Waals surface area contributed by atoms with Crippen molar-refractivity contribution in [3.8, 4) is 0 Å². The third-order valence-corrected chi connectivity index (χ3v) is 9.38. The number of halogens is 3. The lowest BCUT2D eigenvalue weighted by Crippen LogP contribution is -2.53. The van der Waals surface area contributed by atoms with Crippen molar-refractivity contribution in [2.45, 2.75) is 69.7 Å². The van der Waals surface area contributed by atoms with E-state index in [0.717, 1.165) is 62.9 Å². The molecule has 0 radical (unpaired) electrons. The first kappa shape index (κ1) is 27.9. The van der Waals surface area contributed by atoms with Crippen LogP contribution in [0.1, 0.15) is 67.6 Å². The Morgan fingerprint density at radius 2 is 1.55 bits per heavy atom. The zero-order valence-corrected chi connectivity index (χ0v) is 23.8. The van der Waals surface area contributed by atoms with Gasteiger partial charge in [0, 0.05) is 29.7 Å². The van der Waals surface area contributed by atoms with E-state index < -0.39 is 0 Å². The quantitative estimate of drug-likeness (QED) is 0.365. The summed E-state index contributed by atoms with van der Waals surface area (Å²) in [5, 5.41) is 1.23. The van der Waals surface area contributed by atoms with Crippen molar-refractivity contribution < 1.29 is 9.18 Å². The lowest BCUT2D eigenvalue weighted by molar-refractivity contribution is -0.138. The van der Waals surface area contributed by atoms with Gasteiger partial charge < -0.3 is 9.80 Å². The minimum atomic E-state index is -0.212. The molecular formula is C31H40Cl2FN3O. The highest BCUT2D eigenvalue weighted by Gasteiger charge is 2.34. The predicted molar refractivity (Wildman–Crippen MR) is 154 cm³/mol. The summed E-state index contributed by atoms with van der Waals surface area (Å²) in [6.07, 6.45) is 9.35. The molecular weight excluding hydrogens is 520 g/mol. The van der Waals surface area contributed by atoms with Crippen molar-refractivity contribution in [1.82, 2.24) is 14.7 Å². The van der Waals surface area contributed by atoms with E-state index in [-0.39, 0.29) is 17.8 Å². The number of likely N-dealkylation sites (tertiary alicyclic amines) is 3. The second-order valence-electron chi connectivity index (χ2n) is 11.3. The van der Waals surface area contributed by atoms with Crippen LogP contribution in [-0.4, -0.2) is 72.5 Å². The summed E-state index contributed by atoms with van der Waals surface area (Å²) in [6, 6.07) is 10.7. The summed E-state index contributed by atoms with van der Waals surface area (Å²) >= 11 is 12.7. The third-order valence-electron chi connectivity index (χ3n) is 8.80. The molecule has 3 aliphatic rings. The Morgan fingerprint density at radius 3 is 2.26 bits per heavy atom. The molecule has 206 valence electrons. The van der Waals surface area contributed by atoms with Gasteiger partial charge in [0.2, 0.25) is 5.91 Å². The molecule has 38 heavy (non-hydrogen) atoms. The first-order valence-corrected chi connectivity index (χ1v) is 15.2. The van der Waals surface area contributed by atoms with Crippen LogP contribution in [0.3, 0.4) is 0 Å². The summed E-state index contributed by atoms with van der Waals surface area (Å²) in [4.78, 5) is 20.9. The fourth-order valence-corrected chi connectivity index (χ4v) is 7.06. The first-order valence-electron chi connectivity index (χ1n) is 14.5. The Balaban J connectivity index is 1.26. The monoisotopic (exact) mass is 559 g/mol. The molecule has 1 atom stereocenters. The molecule has 5 rings (SSSR count). The summed E-state index contributed by atoms with van der Waals surface area (Å²) < 4.78 is 14.3. The van der Waals surface area contributed by atoms with Gasteiger partial charge in [0.05, 0.1) is 6.04 Å². The second kappa shape index (κ2) is 13.1. The average Bonchev–Trinajstić information content (AvgIpc) is 3.46. The van der Waals surface area contributed by atoms with Crippen LogP contribution < -0.4 is 0 Å². The van der Waals surface area contributed by atoms with Crippen LogP contribution in [0.25, 0.3) is 0 Å². The second-order valence-corrected chi connectivity index (χ2v) is 12.1. The van der Waals surface area contributed by atoms with Crippen LogP contribution >= 0.6 is 23.2 Å². The Morgan fingerprint density at radius 1 is 0.868 bits per heavy atom. The zero-order valence-electron chi connectivity index (χ0n) is 22.3. The van der Waals surface area contributed by atoms with Gasteiger partial charge in [0.25, 0.3) is 0 Å². The minimum Gasteiger partial charge on any atom is -0.341 e. The normalized spacial score (nSPS) is 20.7. The number of nitrogens with zero attached hydrogens (tertiary/aromatic N) is 3. The van der Waals surface area contributed by atoms with E-state index >= 15 is 0 Å². The maximum atomic E-state index is 14.3. The van der Waals surface area contributed by atoms with E-state index in [9.17, 15) is 9.18 Å². The molecule has 1 amide bonds. The van der Waals surface area contributed by atoms with E-state index in [4.69, 9.17) is 23.2 Å². The Kier molecular flexibility index (Phi) is 9.64. The zero-order chi connectivity index (χ0) is 26.5. The van der Waals surface area contributed by atoms with Gasteiger partial charge in [0.1, 0.15) is 5.82 Å². The average molecular weight is 561 g/mol. The summed E-state index contributed by atoms with van der Waals surface area (Å²) in [5.41, 5.74) is 3.39. The van der Waals surface area contributed by atoms with E-state index in [1.807, 2.05) is 23.1 Å². The van der Waals surface area contributed by atoms with E-state index in [0.29, 0.717) is 35.5 Å². The topological polar surface area (TPSA) is 26.8 Å². The molecule has 0 spiro atoms. The Labute approximate surface area is 237 Å². The lowest BCUT2D eigenvalue weighted by atomic mass is 9.85. The molecule has 3 saturated heterocycles. The maximum Gasteiger partial charge on any atom is 0.240 e. The molecule has 4 nitrogen and oxygen atoms in total. The number of carbonyl (C=O) groups is 1. The van der Waals surface area contributed by atoms with E-state index in [2.05, 4.69) is 9.80 Å². The van der Waals surface area contributed by atoms with Crippen LogP contribution in [-0.2, 0) is 17.6 Å². The summed E-state index contributed by atoms with van der Waals surface area (Å²) in [6.45, 7) is 6.71. The van der Waals surface area contributed by atoms with Crippen molar-refractivity contribution >= 4 is 29.1 Å². The van der Waals surface area contributed by atoms with Crippen molar-refractivity contribution in [2.24, 2.45) is 0 Å². The van der Waals surface area contributed by atoms with Crippen molar-refractivity contribution in [1.29, 1.82) is 0 Å². The fraction of sp³-hybridized carbons (Fsp3) is 0.581. The highest BCUT2D eigenvalue weighted by atomic mass is 35.5. The van der Waals surface area contributed by atoms with Gasteiger partial charge in [-0.25, -0.2) is 4.39 Å². The minimum absolute atomic E-state index is 0.159. The van der Waals surface area contributed by atoms with Gasteiger partial charge in [0.15, 0.2) is 0 Å². The number of benzene rings is 2. The van der Waals surface area contributed by atoms with Gasteiger partial charge in [-0.2, -0.15) is 0 Å². The largest absolute Gasteiger partial charge is 0.341 e. The molecule has 0 aromatic heterocycles. The maximum absolute atomic E-state index is 14.3. The molecule has 0 bridgehead atoms. The summed E-state index contributed by atoms with van der Waals surface area (Å²) in [5.74, 6) is 0.334. The van der Waals surface area contributed by atoms with Crippen molar-refractivity contribution in [3.63, 3.8) is 0 Å². The van der Waals surface area contributed by atoms with Crippen LogP contribution in [0.5, 0.6) is 0 Å². The third kappa shape index (κ3) is 6.91. The van der Waals surface area contributed by atoms with Crippen LogP contribution in [0.15, 0.2) is 36.4 Å². The molecule has 0 N–H and O–H groups in total. The predicted octanol–water partition coefficient (Wildman–Crippen LogP) is 6.57. The number of piperidine rings is 2. The van der Waals surface area contributed by atoms with Crippen LogP contribution in [0.4, 0.5) is 4.39 Å². The van der Waals surface area contributed by atoms with Gasteiger partial charge in [-0.1, -0.05) is 41.8 Å². The molecule has 3 heterocycles.